The van der Waals surface area contributed by atoms with E-state index in [0.717, 1.165) is 24.4 Å². The van der Waals surface area contributed by atoms with E-state index in [0.29, 0.717) is 19.7 Å². The number of carbonyl (C=O) groups is 2. The fraction of sp³-hybridized carbons (Fsp3) is 0.619. The molecule has 1 fully saturated rings. The highest BCUT2D eigenvalue weighted by atomic mass is 16.5. The topological polar surface area (TPSA) is 61.9 Å². The molecule has 0 unspecified atom stereocenters. The molecule has 1 aromatic rings. The number of nitrogens with one attached hydrogen (secondary N) is 1. The van der Waals surface area contributed by atoms with Crippen molar-refractivity contribution in [2.75, 3.05) is 44.2 Å². The normalized spacial score (nSPS) is 17.6. The number of rotatable bonds is 7. The maximum Gasteiger partial charge on any atom is 0.227 e. The number of nitrogens with zero attached hydrogens (tertiary/aromatic N) is 2. The third kappa shape index (κ3) is 5.96. The number of hydrogen-bond donors (Lipinski definition) is 1. The summed E-state index contributed by atoms with van der Waals surface area (Å²) < 4.78 is 5.58. The summed E-state index contributed by atoms with van der Waals surface area (Å²) in [6, 6.07) is 7.54. The van der Waals surface area contributed by atoms with E-state index >= 15 is 0 Å². The minimum absolute atomic E-state index is 0.0227. The van der Waals surface area contributed by atoms with Gasteiger partial charge in [0.2, 0.25) is 11.8 Å². The first-order valence-corrected chi connectivity index (χ1v) is 10.3. The fourth-order valence-electron chi connectivity index (χ4n) is 3.76. The van der Waals surface area contributed by atoms with Crippen LogP contribution >= 0.6 is 0 Å². The predicted molar refractivity (Wildman–Crippen MR) is 106 cm³/mol. The maximum absolute atomic E-state index is 12.5. The zero-order valence-electron chi connectivity index (χ0n) is 16.1. The van der Waals surface area contributed by atoms with E-state index in [2.05, 4.69) is 10.2 Å². The van der Waals surface area contributed by atoms with Gasteiger partial charge in [0.05, 0.1) is 12.2 Å². The lowest BCUT2D eigenvalue weighted by Crippen LogP contribution is -2.38. The van der Waals surface area contributed by atoms with Crippen LogP contribution in [-0.2, 0) is 9.59 Å². The van der Waals surface area contributed by atoms with Crippen LogP contribution in [0.25, 0.3) is 0 Å². The van der Waals surface area contributed by atoms with Gasteiger partial charge in [-0.3, -0.25) is 9.59 Å². The van der Waals surface area contributed by atoms with Crippen molar-refractivity contribution < 1.29 is 14.3 Å². The lowest BCUT2D eigenvalue weighted by atomic mass is 10.2. The molecule has 0 spiro atoms. The Morgan fingerprint density at radius 1 is 1.00 bits per heavy atom. The highest BCUT2D eigenvalue weighted by Gasteiger charge is 2.23. The van der Waals surface area contributed by atoms with Crippen LogP contribution in [0.1, 0.15) is 44.9 Å². The summed E-state index contributed by atoms with van der Waals surface area (Å²) in [4.78, 5) is 28.8. The fourth-order valence-corrected chi connectivity index (χ4v) is 3.76. The Hall–Kier alpha value is -2.08. The molecule has 0 bridgehead atoms. The number of fused-ring (bicyclic) bond motifs is 1. The average molecular weight is 373 g/mol. The third-order valence-electron chi connectivity index (χ3n) is 5.27. The molecule has 2 aliphatic rings. The van der Waals surface area contributed by atoms with Gasteiger partial charge in [0.1, 0.15) is 12.4 Å². The number of hydrogen-bond acceptors (Lipinski definition) is 4. The molecule has 0 atom stereocenters. The summed E-state index contributed by atoms with van der Waals surface area (Å²) in [6.07, 6.45) is 6.70. The molecule has 6 nitrogen and oxygen atoms in total. The van der Waals surface area contributed by atoms with Gasteiger partial charge in [-0.1, -0.05) is 25.0 Å². The van der Waals surface area contributed by atoms with Crippen molar-refractivity contribution in [3.8, 4) is 5.75 Å². The summed E-state index contributed by atoms with van der Waals surface area (Å²) in [5, 5.41) is 2.95. The Bertz CT molecular complexity index is 627. The summed E-state index contributed by atoms with van der Waals surface area (Å²) in [7, 11) is 0. The van der Waals surface area contributed by atoms with E-state index in [9.17, 15) is 9.59 Å². The Labute approximate surface area is 161 Å². The van der Waals surface area contributed by atoms with Gasteiger partial charge in [-0.15, -0.1) is 0 Å². The van der Waals surface area contributed by atoms with Crippen LogP contribution in [-0.4, -0.2) is 56.0 Å². The number of carbonyl (C=O) groups excluding carboxylic acids is 2. The summed E-state index contributed by atoms with van der Waals surface area (Å²) in [5.41, 5.74) is 0.798. The van der Waals surface area contributed by atoms with E-state index in [1.54, 1.807) is 4.90 Å². The second kappa shape index (κ2) is 10.3. The van der Waals surface area contributed by atoms with Gasteiger partial charge in [-0.05, 0) is 51.0 Å². The first-order chi connectivity index (χ1) is 13.2. The summed E-state index contributed by atoms with van der Waals surface area (Å²) >= 11 is 0. The van der Waals surface area contributed by atoms with Crippen molar-refractivity contribution in [3.63, 3.8) is 0 Å². The zero-order chi connectivity index (χ0) is 18.9. The molecule has 1 N–H and O–H groups in total. The van der Waals surface area contributed by atoms with Gasteiger partial charge >= 0.3 is 0 Å². The molecular weight excluding hydrogens is 342 g/mol. The minimum Gasteiger partial charge on any atom is -0.490 e. The largest absolute Gasteiger partial charge is 0.490 e. The van der Waals surface area contributed by atoms with Crippen molar-refractivity contribution in [1.29, 1.82) is 0 Å². The van der Waals surface area contributed by atoms with Crippen LogP contribution in [0, 0.1) is 0 Å². The van der Waals surface area contributed by atoms with E-state index < -0.39 is 0 Å². The minimum atomic E-state index is -0.0410. The van der Waals surface area contributed by atoms with Crippen LogP contribution in [0.4, 0.5) is 5.69 Å². The molecule has 6 heteroatoms. The number of benzene rings is 1. The van der Waals surface area contributed by atoms with Crippen molar-refractivity contribution in [2.45, 2.75) is 44.9 Å². The molecule has 1 saturated heterocycles. The molecule has 148 valence electrons. The molecule has 0 radical (unpaired) electrons. The van der Waals surface area contributed by atoms with Gasteiger partial charge in [0.25, 0.3) is 0 Å². The molecule has 27 heavy (non-hydrogen) atoms. The Morgan fingerprint density at radius 3 is 2.59 bits per heavy atom. The quantitative estimate of drug-likeness (QED) is 0.746. The zero-order valence-corrected chi connectivity index (χ0v) is 16.1. The van der Waals surface area contributed by atoms with Crippen molar-refractivity contribution in [3.05, 3.63) is 24.3 Å². The van der Waals surface area contributed by atoms with Gasteiger partial charge in [-0.25, -0.2) is 0 Å². The van der Waals surface area contributed by atoms with Crippen LogP contribution in [0.3, 0.4) is 0 Å². The second-order valence-electron chi connectivity index (χ2n) is 7.32. The molecule has 2 heterocycles. The molecular formula is C21H31N3O3. The number of anilines is 1. The summed E-state index contributed by atoms with van der Waals surface area (Å²) in [6.45, 7) is 5.12. The standard InChI is InChI=1S/C21H31N3O3/c25-20(22-12-7-15-23-13-5-1-2-6-14-23)10-11-21(26)24-16-17-27-19-9-4-3-8-18(19)24/h3-4,8-9H,1-2,5-7,10-17H2,(H,22,25). The first-order valence-electron chi connectivity index (χ1n) is 10.3. The molecule has 0 aromatic heterocycles. The maximum atomic E-state index is 12.5. The number of amides is 2. The smallest absolute Gasteiger partial charge is 0.227 e. The lowest BCUT2D eigenvalue weighted by Gasteiger charge is -2.29. The van der Waals surface area contributed by atoms with Gasteiger partial charge in [0, 0.05) is 19.4 Å². The van der Waals surface area contributed by atoms with Gasteiger partial charge in [0.15, 0.2) is 0 Å². The van der Waals surface area contributed by atoms with Crippen molar-refractivity contribution in [1.82, 2.24) is 10.2 Å². The Morgan fingerprint density at radius 2 is 1.78 bits per heavy atom. The van der Waals surface area contributed by atoms with Crippen molar-refractivity contribution >= 4 is 17.5 Å². The van der Waals surface area contributed by atoms with Gasteiger partial charge in [-0.2, -0.15) is 0 Å². The molecule has 0 aliphatic carbocycles. The number of ether oxygens (including phenoxy) is 1. The summed E-state index contributed by atoms with van der Waals surface area (Å²) in [5.74, 6) is 0.668. The monoisotopic (exact) mass is 373 g/mol. The molecule has 3 rings (SSSR count). The molecule has 2 aliphatic heterocycles. The van der Waals surface area contributed by atoms with Crippen LogP contribution in [0.15, 0.2) is 24.3 Å². The van der Waals surface area contributed by atoms with Crippen LogP contribution < -0.4 is 15.0 Å². The Kier molecular flexibility index (Phi) is 7.51. The SMILES string of the molecule is O=C(CCC(=O)N1CCOc2ccccc21)NCCCN1CCCCCC1. The van der Waals surface area contributed by atoms with E-state index in [-0.39, 0.29) is 24.7 Å². The molecule has 0 saturated carbocycles. The van der Waals surface area contributed by atoms with E-state index in [1.807, 2.05) is 24.3 Å². The highest BCUT2D eigenvalue weighted by molar-refractivity contribution is 5.97. The second-order valence-corrected chi connectivity index (χ2v) is 7.32. The van der Waals surface area contributed by atoms with E-state index in [4.69, 9.17) is 4.74 Å². The van der Waals surface area contributed by atoms with Gasteiger partial charge < -0.3 is 19.9 Å². The predicted octanol–water partition coefficient (Wildman–Crippen LogP) is 2.57. The average Bonchev–Trinajstić information content (AvgIpc) is 2.98. The molecule has 2 amide bonds. The number of para-hydroxylation sites is 2. The number of likely N-dealkylation sites (tertiary alicyclic amines) is 1. The van der Waals surface area contributed by atoms with Crippen LogP contribution in [0.2, 0.25) is 0 Å². The van der Waals surface area contributed by atoms with Crippen LogP contribution in [0.5, 0.6) is 5.75 Å². The highest BCUT2D eigenvalue weighted by Crippen LogP contribution is 2.31. The van der Waals surface area contributed by atoms with E-state index in [1.165, 1.54) is 38.8 Å². The third-order valence-corrected chi connectivity index (χ3v) is 5.27. The Balaban J connectivity index is 1.34. The molecule has 1 aromatic carbocycles. The lowest BCUT2D eigenvalue weighted by molar-refractivity contribution is -0.125. The van der Waals surface area contributed by atoms with Crippen molar-refractivity contribution in [2.24, 2.45) is 0 Å². The first kappa shape index (κ1) is 19.7.